The molecule has 8 nitrogen and oxygen atoms in total. The summed E-state index contributed by atoms with van der Waals surface area (Å²) in [6.45, 7) is 4.08. The molecule has 3 atom stereocenters. The first-order valence-corrected chi connectivity index (χ1v) is 10.3. The van der Waals surface area contributed by atoms with E-state index in [0.717, 1.165) is 45.6 Å². The maximum Gasteiger partial charge on any atom is 0.271 e. The Morgan fingerprint density at radius 2 is 1.89 bits per heavy atom. The molecule has 152 valence electrons. The first-order valence-electron chi connectivity index (χ1n) is 10.3. The number of nitrogens with one attached hydrogen (secondary N) is 1. The van der Waals surface area contributed by atoms with E-state index >= 15 is 0 Å². The Morgan fingerprint density at radius 1 is 1.11 bits per heavy atom. The number of amides is 1. The summed E-state index contributed by atoms with van der Waals surface area (Å²) in [4.78, 5) is 27.8. The average Bonchev–Trinajstić information content (AvgIpc) is 3.09. The van der Waals surface area contributed by atoms with Gasteiger partial charge in [0.1, 0.15) is 0 Å². The lowest BCUT2D eigenvalue weighted by Gasteiger charge is -2.42. The number of benzene rings is 1. The molecular weight excluding hydrogens is 360 g/mol. The molecule has 1 N–H and O–H groups in total. The largest absolute Gasteiger partial charge is 0.379 e. The quantitative estimate of drug-likeness (QED) is 0.613. The zero-order valence-corrected chi connectivity index (χ0v) is 16.1. The lowest BCUT2D eigenvalue weighted by Crippen LogP contribution is -2.57. The first kappa shape index (κ1) is 19.3. The van der Waals surface area contributed by atoms with Crippen LogP contribution < -0.4 is 10.2 Å². The van der Waals surface area contributed by atoms with Gasteiger partial charge in [-0.1, -0.05) is 18.9 Å². The molecule has 0 radical (unpaired) electrons. The predicted octanol–water partition coefficient (Wildman–Crippen LogP) is 1.93. The molecule has 2 saturated heterocycles. The van der Waals surface area contributed by atoms with Gasteiger partial charge in [0.15, 0.2) is 0 Å². The normalized spacial score (nSPS) is 29.2. The predicted molar refractivity (Wildman–Crippen MR) is 105 cm³/mol. The van der Waals surface area contributed by atoms with Crippen molar-refractivity contribution in [2.24, 2.45) is 0 Å². The molecule has 1 saturated carbocycles. The molecule has 3 fully saturated rings. The van der Waals surface area contributed by atoms with E-state index in [4.69, 9.17) is 4.74 Å². The van der Waals surface area contributed by atoms with Gasteiger partial charge in [0, 0.05) is 43.9 Å². The third kappa shape index (κ3) is 4.04. The Bertz CT molecular complexity index is 722. The van der Waals surface area contributed by atoms with E-state index in [2.05, 4.69) is 10.2 Å². The summed E-state index contributed by atoms with van der Waals surface area (Å²) in [7, 11) is 0. The highest BCUT2D eigenvalue weighted by atomic mass is 16.6. The number of morpholine rings is 1. The van der Waals surface area contributed by atoms with Gasteiger partial charge < -0.3 is 15.0 Å². The van der Waals surface area contributed by atoms with Gasteiger partial charge in [0.2, 0.25) is 5.91 Å². The maximum absolute atomic E-state index is 13.0. The lowest BCUT2D eigenvalue weighted by molar-refractivity contribution is -0.384. The van der Waals surface area contributed by atoms with Gasteiger partial charge in [0.05, 0.1) is 29.9 Å². The van der Waals surface area contributed by atoms with Crippen molar-refractivity contribution in [3.05, 3.63) is 34.4 Å². The maximum atomic E-state index is 13.0. The third-order valence-corrected chi connectivity index (χ3v) is 6.22. The van der Waals surface area contributed by atoms with Crippen LogP contribution in [0.2, 0.25) is 0 Å². The van der Waals surface area contributed by atoms with Gasteiger partial charge in [-0.25, -0.2) is 0 Å². The van der Waals surface area contributed by atoms with Crippen molar-refractivity contribution >= 4 is 17.3 Å². The number of nitro benzene ring substituents is 1. The number of carbonyl (C=O) groups excluding carboxylic acids is 1. The molecule has 1 amide bonds. The standard InChI is InChI=1S/C20H28N4O4/c25-20-18(8-9-23(20)15-4-3-5-16(14-15)24(26)27)21-17-6-1-2-7-19(17)22-10-12-28-13-11-22/h3-5,14,17-19,21H,1-2,6-13H2. The fourth-order valence-corrected chi connectivity index (χ4v) is 4.78. The summed E-state index contributed by atoms with van der Waals surface area (Å²) in [6, 6.07) is 6.89. The van der Waals surface area contributed by atoms with Crippen molar-refractivity contribution in [2.75, 3.05) is 37.7 Å². The Balaban J connectivity index is 1.43. The molecule has 1 aromatic rings. The zero-order valence-electron chi connectivity index (χ0n) is 16.1. The van der Waals surface area contributed by atoms with Crippen molar-refractivity contribution in [3.8, 4) is 0 Å². The summed E-state index contributed by atoms with van der Waals surface area (Å²) in [5.74, 6) is 0.0202. The van der Waals surface area contributed by atoms with Crippen LogP contribution in [0.4, 0.5) is 11.4 Å². The molecular formula is C20H28N4O4. The summed E-state index contributed by atoms with van der Waals surface area (Å²) >= 11 is 0. The van der Waals surface area contributed by atoms with E-state index in [-0.39, 0.29) is 17.6 Å². The van der Waals surface area contributed by atoms with Crippen LogP contribution in [-0.4, -0.2) is 66.7 Å². The van der Waals surface area contributed by atoms with Gasteiger partial charge >= 0.3 is 0 Å². The van der Waals surface area contributed by atoms with Crippen LogP contribution in [0.15, 0.2) is 24.3 Å². The van der Waals surface area contributed by atoms with E-state index in [1.807, 2.05) is 0 Å². The Labute approximate surface area is 165 Å². The van der Waals surface area contributed by atoms with E-state index in [9.17, 15) is 14.9 Å². The third-order valence-electron chi connectivity index (χ3n) is 6.22. The number of anilines is 1. The number of nitro groups is 1. The van der Waals surface area contributed by atoms with Gasteiger partial charge in [-0.3, -0.25) is 19.8 Å². The van der Waals surface area contributed by atoms with Gasteiger partial charge in [-0.15, -0.1) is 0 Å². The lowest BCUT2D eigenvalue weighted by atomic mass is 9.88. The molecule has 4 rings (SSSR count). The monoisotopic (exact) mass is 388 g/mol. The Kier molecular flexibility index (Phi) is 5.89. The molecule has 28 heavy (non-hydrogen) atoms. The van der Waals surface area contributed by atoms with Crippen LogP contribution in [0, 0.1) is 10.1 Å². The molecule has 2 heterocycles. The Hall–Kier alpha value is -2.03. The van der Waals surface area contributed by atoms with Crippen LogP contribution >= 0.6 is 0 Å². The van der Waals surface area contributed by atoms with E-state index in [0.29, 0.717) is 24.3 Å². The van der Waals surface area contributed by atoms with E-state index < -0.39 is 4.92 Å². The van der Waals surface area contributed by atoms with Crippen molar-refractivity contribution in [3.63, 3.8) is 0 Å². The van der Waals surface area contributed by atoms with Crippen LogP contribution in [0.25, 0.3) is 0 Å². The highest BCUT2D eigenvalue weighted by Gasteiger charge is 2.38. The molecule has 2 aliphatic heterocycles. The molecule has 3 unspecified atom stereocenters. The fraction of sp³-hybridized carbons (Fsp3) is 0.650. The van der Waals surface area contributed by atoms with Crippen molar-refractivity contribution in [1.29, 1.82) is 0 Å². The minimum Gasteiger partial charge on any atom is -0.379 e. The van der Waals surface area contributed by atoms with Crippen molar-refractivity contribution in [2.45, 2.75) is 50.2 Å². The van der Waals surface area contributed by atoms with Crippen LogP contribution in [0.5, 0.6) is 0 Å². The molecule has 0 spiro atoms. The van der Waals surface area contributed by atoms with E-state index in [1.54, 1.807) is 17.0 Å². The summed E-state index contributed by atoms with van der Waals surface area (Å²) in [5, 5.41) is 14.7. The van der Waals surface area contributed by atoms with Gasteiger partial charge in [-0.2, -0.15) is 0 Å². The SMILES string of the molecule is O=C1C(NC2CCCCC2N2CCOCC2)CCN1c1cccc([N+](=O)[O-])c1. The molecule has 1 aromatic carbocycles. The molecule has 8 heteroatoms. The zero-order chi connectivity index (χ0) is 19.5. The number of nitrogens with zero attached hydrogens (tertiary/aromatic N) is 3. The fourth-order valence-electron chi connectivity index (χ4n) is 4.78. The molecule has 0 aromatic heterocycles. The highest BCUT2D eigenvalue weighted by Crippen LogP contribution is 2.28. The highest BCUT2D eigenvalue weighted by molar-refractivity contribution is 5.99. The number of carbonyl (C=O) groups is 1. The Morgan fingerprint density at radius 3 is 2.68 bits per heavy atom. The van der Waals surface area contributed by atoms with Gasteiger partial charge in [0.25, 0.3) is 5.69 Å². The number of rotatable bonds is 5. The second-order valence-electron chi connectivity index (χ2n) is 7.88. The summed E-state index contributed by atoms with van der Waals surface area (Å²) in [5.41, 5.74) is 0.623. The summed E-state index contributed by atoms with van der Waals surface area (Å²) in [6.07, 6.45) is 5.40. The number of ether oxygens (including phenoxy) is 1. The van der Waals surface area contributed by atoms with E-state index in [1.165, 1.54) is 25.0 Å². The first-order chi connectivity index (χ1) is 13.6. The second-order valence-corrected chi connectivity index (χ2v) is 7.88. The van der Waals surface area contributed by atoms with Crippen LogP contribution in [0.1, 0.15) is 32.1 Å². The van der Waals surface area contributed by atoms with Crippen LogP contribution in [-0.2, 0) is 9.53 Å². The van der Waals surface area contributed by atoms with Gasteiger partial charge in [-0.05, 0) is 25.3 Å². The summed E-state index contributed by atoms with van der Waals surface area (Å²) < 4.78 is 5.49. The molecule has 1 aliphatic carbocycles. The minimum absolute atomic E-state index is 0.0152. The topological polar surface area (TPSA) is 88.0 Å². The second kappa shape index (κ2) is 8.55. The molecule has 3 aliphatic rings. The minimum atomic E-state index is -0.422. The number of hydrogen-bond donors (Lipinski definition) is 1. The van der Waals surface area contributed by atoms with Crippen LogP contribution in [0.3, 0.4) is 0 Å². The van der Waals surface area contributed by atoms with Crippen molar-refractivity contribution < 1.29 is 14.5 Å². The average molecular weight is 388 g/mol. The van der Waals surface area contributed by atoms with Crippen molar-refractivity contribution in [1.82, 2.24) is 10.2 Å². The number of non-ortho nitro benzene ring substituents is 1. The molecule has 0 bridgehead atoms. The number of hydrogen-bond acceptors (Lipinski definition) is 6. The smallest absolute Gasteiger partial charge is 0.271 e.